The molecule has 1 heterocycles. The number of thioether (sulfide) groups is 1. The lowest BCUT2D eigenvalue weighted by molar-refractivity contribution is -0.144. The summed E-state index contributed by atoms with van der Waals surface area (Å²) in [6.07, 6.45) is -0.972. The Bertz CT molecular complexity index is 1000. The zero-order valence-corrected chi connectivity index (χ0v) is 18.4. The molecule has 0 spiro atoms. The van der Waals surface area contributed by atoms with Crippen LogP contribution in [0, 0.1) is 27.7 Å². The maximum Gasteiger partial charge on any atom is 0.316 e. The van der Waals surface area contributed by atoms with E-state index in [2.05, 4.69) is 5.16 Å². The maximum atomic E-state index is 13.1. The molecule has 0 radical (unpaired) electrons. The van der Waals surface area contributed by atoms with E-state index in [1.807, 2.05) is 64.1 Å². The smallest absolute Gasteiger partial charge is 0.316 e. The van der Waals surface area contributed by atoms with Gasteiger partial charge in [-0.15, -0.1) is 11.8 Å². The summed E-state index contributed by atoms with van der Waals surface area (Å²) >= 11 is 1.41. The molecule has 0 aliphatic heterocycles. The second kappa shape index (κ2) is 9.76. The molecule has 6 heteroatoms. The average molecular weight is 424 g/mol. The third-order valence-corrected chi connectivity index (χ3v) is 5.78. The number of benzene rings is 2. The van der Waals surface area contributed by atoms with Crippen molar-refractivity contribution in [3.63, 3.8) is 0 Å². The molecule has 156 valence electrons. The van der Waals surface area contributed by atoms with Gasteiger partial charge in [0.05, 0.1) is 11.4 Å². The number of carbonyl (C=O) groups excluding carboxylic acids is 2. The lowest BCUT2D eigenvalue weighted by atomic mass is 9.98. The molecular formula is C24H25NO4S. The number of hydrogen-bond acceptors (Lipinski definition) is 6. The summed E-state index contributed by atoms with van der Waals surface area (Å²) in [5.41, 5.74) is 5.12. The predicted octanol–water partition coefficient (Wildman–Crippen LogP) is 5.31. The fraction of sp³-hybridized carbons (Fsp3) is 0.292. The van der Waals surface area contributed by atoms with Crippen molar-refractivity contribution < 1.29 is 18.8 Å². The van der Waals surface area contributed by atoms with E-state index < -0.39 is 12.1 Å². The number of ketones is 1. The first-order chi connectivity index (χ1) is 14.3. The first-order valence-electron chi connectivity index (χ1n) is 9.71. The highest BCUT2D eigenvalue weighted by Crippen LogP contribution is 2.25. The van der Waals surface area contributed by atoms with Gasteiger partial charge in [-0.1, -0.05) is 64.8 Å². The number of Topliss-reactive ketones (excluding diaryl/α,β-unsaturated/α-hetero) is 1. The van der Waals surface area contributed by atoms with Crippen LogP contribution in [0.5, 0.6) is 0 Å². The SMILES string of the molecule is Cc1ccc(C(=O)C(OC(=O)CSCc2c(C)noc2C)c2ccc(C)cc2)cc1. The largest absolute Gasteiger partial charge is 0.448 e. The number of carbonyl (C=O) groups is 2. The molecule has 0 bridgehead atoms. The topological polar surface area (TPSA) is 69.4 Å². The number of hydrogen-bond donors (Lipinski definition) is 0. The van der Waals surface area contributed by atoms with E-state index in [0.29, 0.717) is 16.9 Å². The van der Waals surface area contributed by atoms with Gasteiger partial charge in [0.1, 0.15) is 5.76 Å². The van der Waals surface area contributed by atoms with Crippen molar-refractivity contribution in [2.24, 2.45) is 0 Å². The molecule has 5 nitrogen and oxygen atoms in total. The Morgan fingerprint density at radius 2 is 1.57 bits per heavy atom. The first kappa shape index (κ1) is 21.8. The van der Waals surface area contributed by atoms with Crippen molar-refractivity contribution in [1.29, 1.82) is 0 Å². The van der Waals surface area contributed by atoms with Crippen LogP contribution in [-0.2, 0) is 15.3 Å². The van der Waals surface area contributed by atoms with Gasteiger partial charge in [0.15, 0.2) is 6.10 Å². The fourth-order valence-corrected chi connectivity index (χ4v) is 3.95. The summed E-state index contributed by atoms with van der Waals surface area (Å²) in [5, 5.41) is 3.92. The molecule has 0 amide bonds. The van der Waals surface area contributed by atoms with E-state index >= 15 is 0 Å². The Morgan fingerprint density at radius 3 is 2.13 bits per heavy atom. The minimum atomic E-state index is -0.972. The van der Waals surface area contributed by atoms with E-state index in [1.54, 1.807) is 12.1 Å². The van der Waals surface area contributed by atoms with Crippen molar-refractivity contribution in [1.82, 2.24) is 5.16 Å². The van der Waals surface area contributed by atoms with Crippen molar-refractivity contribution in [2.45, 2.75) is 39.6 Å². The molecule has 1 aromatic heterocycles. The number of aromatic nitrogens is 1. The zero-order valence-electron chi connectivity index (χ0n) is 17.6. The van der Waals surface area contributed by atoms with Crippen molar-refractivity contribution in [2.75, 3.05) is 5.75 Å². The van der Waals surface area contributed by atoms with Gasteiger partial charge in [-0.3, -0.25) is 9.59 Å². The van der Waals surface area contributed by atoms with E-state index in [4.69, 9.17) is 9.26 Å². The van der Waals surface area contributed by atoms with E-state index in [9.17, 15) is 9.59 Å². The summed E-state index contributed by atoms with van der Waals surface area (Å²) in [7, 11) is 0. The molecule has 3 aromatic rings. The van der Waals surface area contributed by atoms with Gasteiger partial charge in [0, 0.05) is 22.4 Å². The molecule has 0 saturated carbocycles. The van der Waals surface area contributed by atoms with Crippen LogP contribution in [0.15, 0.2) is 53.1 Å². The lowest BCUT2D eigenvalue weighted by Crippen LogP contribution is -2.21. The number of esters is 1. The Labute approximate surface area is 180 Å². The normalized spacial score (nSPS) is 11.9. The Balaban J connectivity index is 1.71. The third kappa shape index (κ3) is 5.39. The molecule has 3 rings (SSSR count). The summed E-state index contributed by atoms with van der Waals surface area (Å²) < 4.78 is 10.8. The second-order valence-electron chi connectivity index (χ2n) is 7.31. The molecule has 1 atom stereocenters. The molecule has 0 aliphatic rings. The number of nitrogens with zero attached hydrogens (tertiary/aromatic N) is 1. The van der Waals surface area contributed by atoms with Crippen molar-refractivity contribution >= 4 is 23.5 Å². The van der Waals surface area contributed by atoms with E-state index in [0.717, 1.165) is 28.1 Å². The molecule has 0 N–H and O–H groups in total. The highest BCUT2D eigenvalue weighted by atomic mass is 32.2. The molecule has 30 heavy (non-hydrogen) atoms. The standard InChI is InChI=1S/C24H25NO4S/c1-15-5-9-19(10-6-15)23(27)24(20-11-7-16(2)8-12-20)28-22(26)14-30-13-21-17(3)25-29-18(21)4/h5-12,24H,13-14H2,1-4H3. The monoisotopic (exact) mass is 423 g/mol. The molecular weight excluding hydrogens is 398 g/mol. The summed E-state index contributed by atoms with van der Waals surface area (Å²) in [4.78, 5) is 25.7. The minimum Gasteiger partial charge on any atom is -0.448 e. The summed E-state index contributed by atoms with van der Waals surface area (Å²) in [5.74, 6) is 0.812. The van der Waals surface area contributed by atoms with Crippen molar-refractivity contribution in [3.8, 4) is 0 Å². The first-order valence-corrected chi connectivity index (χ1v) is 10.9. The molecule has 0 aliphatic carbocycles. The fourth-order valence-electron chi connectivity index (χ4n) is 2.99. The number of ether oxygens (including phenoxy) is 1. The van der Waals surface area contributed by atoms with Gasteiger partial charge in [0.2, 0.25) is 5.78 Å². The van der Waals surface area contributed by atoms with Gasteiger partial charge in [-0.25, -0.2) is 0 Å². The minimum absolute atomic E-state index is 0.133. The van der Waals surface area contributed by atoms with Crippen LogP contribution >= 0.6 is 11.8 Å². The van der Waals surface area contributed by atoms with Crippen LogP contribution in [0.4, 0.5) is 0 Å². The van der Waals surface area contributed by atoms with Crippen LogP contribution in [0.1, 0.15) is 50.2 Å². The average Bonchev–Trinajstić information content (AvgIpc) is 3.05. The van der Waals surface area contributed by atoms with Crippen molar-refractivity contribution in [3.05, 3.63) is 87.8 Å². The summed E-state index contributed by atoms with van der Waals surface area (Å²) in [6.45, 7) is 7.65. The Kier molecular flexibility index (Phi) is 7.11. The highest BCUT2D eigenvalue weighted by Gasteiger charge is 2.26. The Hall–Kier alpha value is -2.86. The van der Waals surface area contributed by atoms with Gasteiger partial charge >= 0.3 is 5.97 Å². The lowest BCUT2D eigenvalue weighted by Gasteiger charge is -2.18. The zero-order chi connectivity index (χ0) is 21.7. The molecule has 0 fully saturated rings. The summed E-state index contributed by atoms with van der Waals surface area (Å²) in [6, 6.07) is 14.8. The molecule has 0 saturated heterocycles. The van der Waals surface area contributed by atoms with Crippen LogP contribution in [-0.4, -0.2) is 22.7 Å². The Morgan fingerprint density at radius 1 is 0.967 bits per heavy atom. The van der Waals surface area contributed by atoms with Gasteiger partial charge < -0.3 is 9.26 Å². The van der Waals surface area contributed by atoms with Crippen LogP contribution in [0.25, 0.3) is 0 Å². The van der Waals surface area contributed by atoms with Crippen LogP contribution in [0.2, 0.25) is 0 Å². The van der Waals surface area contributed by atoms with Gasteiger partial charge in [0.25, 0.3) is 0 Å². The molecule has 1 unspecified atom stereocenters. The van der Waals surface area contributed by atoms with E-state index in [-0.39, 0.29) is 11.5 Å². The highest BCUT2D eigenvalue weighted by molar-refractivity contribution is 7.99. The van der Waals surface area contributed by atoms with Crippen LogP contribution in [0.3, 0.4) is 0 Å². The molecule has 2 aromatic carbocycles. The number of aryl methyl sites for hydroxylation is 4. The third-order valence-electron chi connectivity index (χ3n) is 4.85. The maximum absolute atomic E-state index is 13.1. The predicted molar refractivity (Wildman–Crippen MR) is 118 cm³/mol. The van der Waals surface area contributed by atoms with E-state index in [1.165, 1.54) is 11.8 Å². The van der Waals surface area contributed by atoms with Gasteiger partial charge in [-0.2, -0.15) is 0 Å². The number of rotatable bonds is 8. The second-order valence-corrected chi connectivity index (χ2v) is 8.29. The van der Waals surface area contributed by atoms with Gasteiger partial charge in [-0.05, 0) is 27.7 Å². The quantitative estimate of drug-likeness (QED) is 0.361. The van der Waals surface area contributed by atoms with Crippen LogP contribution < -0.4 is 0 Å².